The molecule has 292 valence electrons. The molecule has 15 nitrogen and oxygen atoms in total. The fraction of sp³-hybridized carbons (Fsp3) is 0.371. The van der Waals surface area contributed by atoms with Gasteiger partial charge in [-0.15, -0.1) is 11.3 Å². The van der Waals surface area contributed by atoms with Crippen LogP contribution in [0.1, 0.15) is 62.5 Å². The van der Waals surface area contributed by atoms with Crippen LogP contribution in [0.15, 0.2) is 66.4 Å². The zero-order valence-electron chi connectivity index (χ0n) is 30.4. The molecule has 0 radical (unpaired) electrons. The lowest BCUT2D eigenvalue weighted by Gasteiger charge is -2.21. The van der Waals surface area contributed by atoms with E-state index in [1.165, 1.54) is 11.3 Å². The van der Waals surface area contributed by atoms with Crippen molar-refractivity contribution in [2.75, 3.05) is 32.7 Å². The smallest absolute Gasteiger partial charge is 0.319 e. The Labute approximate surface area is 317 Å². The number of rotatable bonds is 12. The maximum atomic E-state index is 14.7. The number of hydrogen-bond acceptors (Lipinski definition) is 12. The molecule has 5 aromatic rings. The third-order valence-electron chi connectivity index (χ3n) is 7.11. The standard InChI is InChI=1S/C30H31F2N8O3PS.2C2H6O.CH2O2/c1-2-34-44(43-22-11-7-4-8-12-22)42-19-39-16-20(15-33-39)30-36-25(18-45-30)29(41)35-24-17-40(21-9-5-3-6-10-21)38-28(24)27-23(31)13-14-26(32)37-27;1-3-2;1-2-3;2-1-3/h4,7-8,11-18,21,34H,2-3,5-6,9-10,19H2,1H3,(H,35,41);1-2H3;3H,2H2,1H3;1H,(H,2,3). The maximum Gasteiger partial charge on any atom is 0.319 e. The summed E-state index contributed by atoms with van der Waals surface area (Å²) in [5, 5.41) is 31.6. The highest BCUT2D eigenvalue weighted by Crippen LogP contribution is 2.36. The largest absolute Gasteiger partial charge is 0.483 e. The van der Waals surface area contributed by atoms with Crippen molar-refractivity contribution in [2.45, 2.75) is 58.7 Å². The second kappa shape index (κ2) is 23.9. The first kappa shape index (κ1) is 43.7. The van der Waals surface area contributed by atoms with Gasteiger partial charge < -0.3 is 24.8 Å². The fourth-order valence-corrected chi connectivity index (χ4v) is 6.72. The molecular formula is C35H45F2N8O7PS. The molecule has 1 amide bonds. The monoisotopic (exact) mass is 790 g/mol. The summed E-state index contributed by atoms with van der Waals surface area (Å²) in [6, 6.07) is 11.5. The number of carbonyl (C=O) groups excluding carboxylic acids is 1. The number of halogens is 2. The van der Waals surface area contributed by atoms with Crippen molar-refractivity contribution in [3.63, 3.8) is 0 Å². The summed E-state index contributed by atoms with van der Waals surface area (Å²) in [5.41, 5.74) is 0.903. The number of aliphatic hydroxyl groups excluding tert-OH is 1. The number of amides is 1. The highest BCUT2D eigenvalue weighted by Gasteiger charge is 2.24. The number of hydrogen-bond donors (Lipinski definition) is 4. The average Bonchev–Trinajstić information content (AvgIpc) is 3.94. The van der Waals surface area contributed by atoms with Crippen molar-refractivity contribution < 1.29 is 42.4 Å². The minimum absolute atomic E-state index is 0.0661. The molecule has 0 spiro atoms. The molecule has 4 N–H and O–H groups in total. The Morgan fingerprint density at radius 2 is 1.74 bits per heavy atom. The van der Waals surface area contributed by atoms with Gasteiger partial charge in [-0.2, -0.15) is 14.6 Å². The van der Waals surface area contributed by atoms with Gasteiger partial charge in [0.25, 0.3) is 12.4 Å². The number of anilines is 1. The molecule has 1 aromatic carbocycles. The molecule has 1 fully saturated rings. The van der Waals surface area contributed by atoms with Gasteiger partial charge in [-0.1, -0.05) is 44.4 Å². The number of thiazole rings is 1. The third kappa shape index (κ3) is 13.6. The van der Waals surface area contributed by atoms with Crippen molar-refractivity contribution in [1.29, 1.82) is 0 Å². The van der Waals surface area contributed by atoms with Crippen LogP contribution in [0.3, 0.4) is 0 Å². The van der Waals surface area contributed by atoms with E-state index < -0.39 is 26.2 Å². The van der Waals surface area contributed by atoms with Crippen molar-refractivity contribution >= 4 is 37.9 Å². The number of nitrogens with one attached hydrogen (secondary N) is 2. The highest BCUT2D eigenvalue weighted by atomic mass is 32.1. The summed E-state index contributed by atoms with van der Waals surface area (Å²) in [5.74, 6) is -1.38. The topological polar surface area (TPSA) is 188 Å². The Balaban J connectivity index is 0.000000794. The van der Waals surface area contributed by atoms with E-state index in [1.807, 2.05) is 37.3 Å². The molecule has 0 aliphatic heterocycles. The number of aliphatic hydroxyl groups is 1. The molecule has 0 bridgehead atoms. The molecule has 54 heavy (non-hydrogen) atoms. The van der Waals surface area contributed by atoms with Gasteiger partial charge in [-0.05, 0) is 44.0 Å². The van der Waals surface area contributed by atoms with Crippen molar-refractivity contribution in [3.05, 3.63) is 83.9 Å². The second-order valence-electron chi connectivity index (χ2n) is 11.1. The second-order valence-corrected chi connectivity index (χ2v) is 13.3. The molecule has 1 saturated carbocycles. The Morgan fingerprint density at radius 3 is 2.41 bits per heavy atom. The molecule has 1 aliphatic rings. The Hall–Kier alpha value is -4.71. The summed E-state index contributed by atoms with van der Waals surface area (Å²) in [4.78, 5) is 29.9. The molecule has 0 saturated heterocycles. The van der Waals surface area contributed by atoms with Gasteiger partial charge in [0.15, 0.2) is 5.82 Å². The number of carboxylic acid groups (broad SMARTS) is 1. The van der Waals surface area contributed by atoms with Crippen LogP contribution in [-0.2, 0) is 20.8 Å². The Morgan fingerprint density at radius 1 is 1.06 bits per heavy atom. The van der Waals surface area contributed by atoms with Gasteiger partial charge in [0.05, 0.1) is 17.9 Å². The number of aromatic nitrogens is 6. The van der Waals surface area contributed by atoms with E-state index in [4.69, 9.17) is 24.1 Å². The van der Waals surface area contributed by atoms with E-state index in [-0.39, 0.29) is 48.6 Å². The van der Waals surface area contributed by atoms with E-state index >= 15 is 0 Å². The Bertz CT molecular complexity index is 1840. The van der Waals surface area contributed by atoms with Gasteiger partial charge in [0.1, 0.15) is 34.6 Å². The molecule has 1 atom stereocenters. The van der Waals surface area contributed by atoms with Crippen LogP contribution in [0, 0.1) is 11.8 Å². The summed E-state index contributed by atoms with van der Waals surface area (Å²) in [6.45, 7) is 4.46. The quantitative estimate of drug-likeness (QED) is 0.0569. The van der Waals surface area contributed by atoms with Crippen molar-refractivity contribution in [2.24, 2.45) is 0 Å². The SMILES string of the molecule is CCNP(OCn1cc(-c2nc(C(=O)Nc3cn(C4CCCCC4)nc3-c3nc(F)ccc3F)cs2)cn1)Oc1ccccc1.CCO.COC.O=CO. The zero-order chi connectivity index (χ0) is 39.3. The van der Waals surface area contributed by atoms with E-state index in [1.54, 1.807) is 54.5 Å². The summed E-state index contributed by atoms with van der Waals surface area (Å²) in [6.07, 6.45) is 10.2. The summed E-state index contributed by atoms with van der Waals surface area (Å²) >= 11 is 1.28. The molecular weight excluding hydrogens is 745 g/mol. The minimum atomic E-state index is -1.39. The van der Waals surface area contributed by atoms with Gasteiger partial charge in [-0.3, -0.25) is 18.8 Å². The van der Waals surface area contributed by atoms with Crippen molar-refractivity contribution in [1.82, 2.24) is 34.6 Å². The zero-order valence-corrected chi connectivity index (χ0v) is 32.1. The normalized spacial score (nSPS) is 12.9. The number of pyridine rings is 1. The predicted molar refractivity (Wildman–Crippen MR) is 202 cm³/mol. The number of methoxy groups -OCH3 is 1. The number of carbonyl (C=O) groups is 2. The van der Waals surface area contributed by atoms with Gasteiger partial charge >= 0.3 is 8.53 Å². The van der Waals surface area contributed by atoms with E-state index in [9.17, 15) is 13.6 Å². The number of para-hydroxylation sites is 1. The molecule has 4 heterocycles. The van der Waals surface area contributed by atoms with Crippen LogP contribution in [0.4, 0.5) is 14.5 Å². The molecule has 6 rings (SSSR count). The number of nitrogens with zero attached hydrogens (tertiary/aromatic N) is 6. The van der Waals surface area contributed by atoms with Crippen LogP contribution in [0.25, 0.3) is 22.0 Å². The molecule has 19 heteroatoms. The fourth-order valence-electron chi connectivity index (χ4n) is 4.94. The predicted octanol–water partition coefficient (Wildman–Crippen LogP) is 7.15. The first-order chi connectivity index (χ1) is 26.2. The van der Waals surface area contributed by atoms with Crippen LogP contribution >= 0.6 is 19.9 Å². The lowest BCUT2D eigenvalue weighted by atomic mass is 9.96. The lowest BCUT2D eigenvalue weighted by molar-refractivity contribution is -0.122. The highest BCUT2D eigenvalue weighted by molar-refractivity contribution is 7.45. The first-order valence-corrected chi connectivity index (χ1v) is 19.0. The summed E-state index contributed by atoms with van der Waals surface area (Å²) in [7, 11) is 1.86. The van der Waals surface area contributed by atoms with Crippen LogP contribution in [0.5, 0.6) is 5.75 Å². The average molecular weight is 791 g/mol. The minimum Gasteiger partial charge on any atom is -0.483 e. The van der Waals surface area contributed by atoms with Gasteiger partial charge in [0.2, 0.25) is 5.95 Å². The number of ether oxygens (including phenoxy) is 1. The third-order valence-corrected chi connectivity index (χ3v) is 9.30. The first-order valence-electron chi connectivity index (χ1n) is 16.9. The van der Waals surface area contributed by atoms with Crippen molar-refractivity contribution in [3.8, 4) is 27.7 Å². The van der Waals surface area contributed by atoms with E-state index in [2.05, 4.69) is 35.3 Å². The van der Waals surface area contributed by atoms with E-state index in [0.29, 0.717) is 22.9 Å². The van der Waals surface area contributed by atoms with Gasteiger partial charge in [-0.25, -0.2) is 24.1 Å². The Kier molecular flexibility index (Phi) is 19.3. The molecule has 1 unspecified atom stereocenters. The van der Waals surface area contributed by atoms with Crippen LogP contribution in [0.2, 0.25) is 0 Å². The lowest BCUT2D eigenvalue weighted by Crippen LogP contribution is -2.14. The van der Waals surface area contributed by atoms with E-state index in [0.717, 1.165) is 44.2 Å². The maximum absolute atomic E-state index is 14.7. The van der Waals surface area contributed by atoms with Gasteiger partial charge in [0, 0.05) is 50.7 Å². The molecule has 1 aliphatic carbocycles. The summed E-state index contributed by atoms with van der Waals surface area (Å²) < 4.78 is 48.2. The number of benzene rings is 1. The van der Waals surface area contributed by atoms with Crippen LogP contribution in [-0.4, -0.2) is 79.5 Å². The molecule has 4 aromatic heterocycles. The van der Waals surface area contributed by atoms with Crippen LogP contribution < -0.4 is 14.9 Å².